The minimum Gasteiger partial charge on any atom is -0.480 e. The van der Waals surface area contributed by atoms with Gasteiger partial charge in [0.15, 0.2) is 0 Å². The van der Waals surface area contributed by atoms with Gasteiger partial charge in [0.25, 0.3) is 5.91 Å². The number of halogens is 1. The molecular formula is C14H11ClN2O4S2. The van der Waals surface area contributed by atoms with Gasteiger partial charge >= 0.3 is 5.97 Å². The SMILES string of the molecule is O=C(O)CNC(=O)CN1C(=O)C(=Cc2ccc(Cl)cc2)SC1=S. The summed E-state index contributed by atoms with van der Waals surface area (Å²) in [5, 5.41) is 11.3. The zero-order chi connectivity index (χ0) is 17.0. The lowest BCUT2D eigenvalue weighted by Gasteiger charge is -2.13. The summed E-state index contributed by atoms with van der Waals surface area (Å²) < 4.78 is 0.251. The van der Waals surface area contributed by atoms with Crippen LogP contribution in [0.5, 0.6) is 0 Å². The molecule has 0 atom stereocenters. The number of thioether (sulfide) groups is 1. The molecule has 1 aliphatic rings. The predicted molar refractivity (Wildman–Crippen MR) is 92.0 cm³/mol. The second kappa shape index (κ2) is 7.58. The monoisotopic (exact) mass is 370 g/mol. The number of rotatable bonds is 5. The van der Waals surface area contributed by atoms with Crippen molar-refractivity contribution in [3.05, 3.63) is 39.8 Å². The standard InChI is InChI=1S/C14H11ClN2O4S2/c15-9-3-1-8(2-4-9)5-10-13(21)17(14(22)23-10)7-11(18)16-6-12(19)20/h1-5H,6-7H2,(H,16,18)(H,19,20). The van der Waals surface area contributed by atoms with E-state index in [4.69, 9.17) is 28.9 Å². The van der Waals surface area contributed by atoms with Crippen LogP contribution in [0.3, 0.4) is 0 Å². The maximum absolute atomic E-state index is 12.3. The smallest absolute Gasteiger partial charge is 0.322 e. The van der Waals surface area contributed by atoms with Crippen LogP contribution < -0.4 is 5.32 Å². The molecule has 0 bridgehead atoms. The fourth-order valence-corrected chi connectivity index (χ4v) is 3.10. The lowest BCUT2D eigenvalue weighted by atomic mass is 10.2. The minimum absolute atomic E-state index is 0.251. The lowest BCUT2D eigenvalue weighted by Crippen LogP contribution is -2.41. The molecule has 9 heteroatoms. The van der Waals surface area contributed by atoms with E-state index in [0.717, 1.165) is 22.2 Å². The van der Waals surface area contributed by atoms with Gasteiger partial charge in [0.05, 0.1) is 4.91 Å². The molecule has 2 amide bonds. The van der Waals surface area contributed by atoms with Gasteiger partial charge in [0.1, 0.15) is 17.4 Å². The largest absolute Gasteiger partial charge is 0.480 e. The summed E-state index contributed by atoms with van der Waals surface area (Å²) in [6.45, 7) is -0.815. The van der Waals surface area contributed by atoms with E-state index in [1.165, 1.54) is 0 Å². The average Bonchev–Trinajstić information content (AvgIpc) is 2.75. The Morgan fingerprint density at radius 1 is 1.35 bits per heavy atom. The van der Waals surface area contributed by atoms with Crippen molar-refractivity contribution in [1.82, 2.24) is 10.2 Å². The number of amides is 2. The highest BCUT2D eigenvalue weighted by Gasteiger charge is 2.33. The molecule has 0 unspecified atom stereocenters. The maximum Gasteiger partial charge on any atom is 0.322 e. The Morgan fingerprint density at radius 3 is 2.61 bits per heavy atom. The van der Waals surface area contributed by atoms with Crippen molar-refractivity contribution >= 4 is 63.8 Å². The zero-order valence-electron chi connectivity index (χ0n) is 11.6. The summed E-state index contributed by atoms with van der Waals surface area (Å²) in [5.74, 6) is -2.14. The number of nitrogens with one attached hydrogen (secondary N) is 1. The Kier molecular flexibility index (Phi) is 5.75. The molecule has 23 heavy (non-hydrogen) atoms. The van der Waals surface area contributed by atoms with Crippen LogP contribution in [0.2, 0.25) is 5.02 Å². The molecule has 0 aromatic heterocycles. The average molecular weight is 371 g/mol. The van der Waals surface area contributed by atoms with Gasteiger partial charge in [0.2, 0.25) is 5.91 Å². The number of thiocarbonyl (C=S) groups is 1. The molecule has 0 saturated carbocycles. The molecule has 1 aromatic rings. The topological polar surface area (TPSA) is 86.7 Å². The fourth-order valence-electron chi connectivity index (χ4n) is 1.72. The summed E-state index contributed by atoms with van der Waals surface area (Å²) in [6.07, 6.45) is 1.66. The summed E-state index contributed by atoms with van der Waals surface area (Å²) in [6, 6.07) is 6.92. The normalized spacial score (nSPS) is 16.0. The molecular weight excluding hydrogens is 360 g/mol. The minimum atomic E-state index is -1.16. The van der Waals surface area contributed by atoms with Crippen molar-refractivity contribution < 1.29 is 19.5 Å². The van der Waals surface area contributed by atoms with Crippen LogP contribution in [-0.4, -0.2) is 45.2 Å². The first-order valence-electron chi connectivity index (χ1n) is 6.36. The molecule has 6 nitrogen and oxygen atoms in total. The molecule has 2 rings (SSSR count). The Labute approximate surface area is 146 Å². The van der Waals surface area contributed by atoms with Crippen LogP contribution >= 0.6 is 35.6 Å². The summed E-state index contributed by atoms with van der Waals surface area (Å²) in [4.78, 5) is 35.8. The third-order valence-corrected chi connectivity index (χ3v) is 4.41. The van der Waals surface area contributed by atoms with Crippen molar-refractivity contribution in [2.24, 2.45) is 0 Å². The molecule has 2 N–H and O–H groups in total. The second-order valence-electron chi connectivity index (χ2n) is 4.49. The fraction of sp³-hybridized carbons (Fsp3) is 0.143. The van der Waals surface area contributed by atoms with E-state index in [1.807, 2.05) is 0 Å². The third kappa shape index (κ3) is 4.78. The highest BCUT2D eigenvalue weighted by atomic mass is 35.5. The quantitative estimate of drug-likeness (QED) is 0.606. The number of aliphatic carboxylic acids is 1. The molecule has 120 valence electrons. The van der Waals surface area contributed by atoms with E-state index in [9.17, 15) is 14.4 Å². The van der Waals surface area contributed by atoms with Gasteiger partial charge in [-0.1, -0.05) is 47.7 Å². The molecule has 0 spiro atoms. The number of hydrogen-bond donors (Lipinski definition) is 2. The van der Waals surface area contributed by atoms with Gasteiger partial charge < -0.3 is 10.4 Å². The van der Waals surface area contributed by atoms with Gasteiger partial charge in [0, 0.05) is 5.02 Å². The van der Waals surface area contributed by atoms with E-state index in [0.29, 0.717) is 9.93 Å². The first-order valence-corrected chi connectivity index (χ1v) is 7.96. The molecule has 1 fully saturated rings. The van der Waals surface area contributed by atoms with Gasteiger partial charge in [-0.2, -0.15) is 0 Å². The molecule has 1 saturated heterocycles. The first-order chi connectivity index (χ1) is 10.9. The second-order valence-corrected chi connectivity index (χ2v) is 6.60. The summed E-state index contributed by atoms with van der Waals surface area (Å²) in [7, 11) is 0. The number of hydrogen-bond acceptors (Lipinski definition) is 5. The Balaban J connectivity index is 2.06. The maximum atomic E-state index is 12.3. The number of benzene rings is 1. The van der Waals surface area contributed by atoms with Gasteiger partial charge in [-0.25, -0.2) is 0 Å². The lowest BCUT2D eigenvalue weighted by molar-refractivity contribution is -0.138. The van der Waals surface area contributed by atoms with Crippen LogP contribution in [0.1, 0.15) is 5.56 Å². The van der Waals surface area contributed by atoms with E-state index >= 15 is 0 Å². The van der Waals surface area contributed by atoms with Crippen molar-refractivity contribution in [2.75, 3.05) is 13.1 Å². The van der Waals surface area contributed by atoms with Gasteiger partial charge in [-0.3, -0.25) is 19.3 Å². The molecule has 1 heterocycles. The highest BCUT2D eigenvalue weighted by molar-refractivity contribution is 8.26. The number of carboxylic acid groups (broad SMARTS) is 1. The summed E-state index contributed by atoms with van der Waals surface area (Å²) in [5.41, 5.74) is 0.783. The van der Waals surface area contributed by atoms with Gasteiger partial charge in [-0.05, 0) is 23.8 Å². The molecule has 1 aliphatic heterocycles. The first kappa shape index (κ1) is 17.5. The van der Waals surface area contributed by atoms with Gasteiger partial charge in [-0.15, -0.1) is 0 Å². The number of nitrogens with zero attached hydrogens (tertiary/aromatic N) is 1. The Hall–Kier alpha value is -1.90. The Bertz CT molecular complexity index is 703. The zero-order valence-corrected chi connectivity index (χ0v) is 14.0. The number of carbonyl (C=O) groups is 3. The van der Waals surface area contributed by atoms with Crippen LogP contribution in [0, 0.1) is 0 Å². The van der Waals surface area contributed by atoms with Crippen LogP contribution in [0.4, 0.5) is 0 Å². The number of carbonyl (C=O) groups excluding carboxylic acids is 2. The molecule has 0 aliphatic carbocycles. The number of carboxylic acids is 1. The highest BCUT2D eigenvalue weighted by Crippen LogP contribution is 2.32. The van der Waals surface area contributed by atoms with E-state index in [1.54, 1.807) is 30.3 Å². The van der Waals surface area contributed by atoms with Crippen molar-refractivity contribution in [3.8, 4) is 0 Å². The van der Waals surface area contributed by atoms with Crippen molar-refractivity contribution in [2.45, 2.75) is 0 Å². The van der Waals surface area contributed by atoms with E-state index < -0.39 is 18.4 Å². The van der Waals surface area contributed by atoms with Crippen LogP contribution in [0.15, 0.2) is 29.2 Å². The van der Waals surface area contributed by atoms with E-state index in [2.05, 4.69) is 5.32 Å². The third-order valence-electron chi connectivity index (χ3n) is 2.78. The van der Waals surface area contributed by atoms with Crippen LogP contribution in [-0.2, 0) is 14.4 Å². The van der Waals surface area contributed by atoms with Crippen molar-refractivity contribution in [1.29, 1.82) is 0 Å². The van der Waals surface area contributed by atoms with Crippen molar-refractivity contribution in [3.63, 3.8) is 0 Å². The molecule has 1 aromatic carbocycles. The molecule has 0 radical (unpaired) electrons. The van der Waals surface area contributed by atoms with Crippen LogP contribution in [0.25, 0.3) is 6.08 Å². The summed E-state index contributed by atoms with van der Waals surface area (Å²) >= 11 is 12.0. The van der Waals surface area contributed by atoms with E-state index in [-0.39, 0.29) is 16.8 Å². The predicted octanol–water partition coefficient (Wildman–Crippen LogP) is 1.74. The Morgan fingerprint density at radius 2 is 2.00 bits per heavy atom.